The highest BCUT2D eigenvalue weighted by molar-refractivity contribution is 7.89. The Balaban J connectivity index is 1.70. The third kappa shape index (κ3) is 5.72. The Bertz CT molecular complexity index is 998. The zero-order chi connectivity index (χ0) is 22.4. The monoisotopic (exact) mass is 449 g/mol. The van der Waals surface area contributed by atoms with Crippen LogP contribution >= 0.6 is 0 Å². The van der Waals surface area contributed by atoms with Crippen molar-refractivity contribution in [3.8, 4) is 0 Å². The van der Waals surface area contributed by atoms with Crippen LogP contribution in [0.25, 0.3) is 0 Å². The van der Waals surface area contributed by atoms with Crippen LogP contribution in [0.15, 0.2) is 52.0 Å². The van der Waals surface area contributed by atoms with E-state index in [0.29, 0.717) is 19.0 Å². The van der Waals surface area contributed by atoms with Gasteiger partial charge in [-0.1, -0.05) is 19.9 Å². The molecule has 1 aromatic carbocycles. The van der Waals surface area contributed by atoms with E-state index in [2.05, 4.69) is 10.6 Å². The molecule has 0 saturated carbocycles. The van der Waals surface area contributed by atoms with Gasteiger partial charge >= 0.3 is 0 Å². The summed E-state index contributed by atoms with van der Waals surface area (Å²) in [7, 11) is -3.73. The van der Waals surface area contributed by atoms with Crippen LogP contribution in [-0.4, -0.2) is 56.9 Å². The van der Waals surface area contributed by atoms with E-state index >= 15 is 0 Å². The maximum absolute atomic E-state index is 12.9. The van der Waals surface area contributed by atoms with Crippen LogP contribution in [-0.2, 0) is 26.1 Å². The van der Waals surface area contributed by atoms with Gasteiger partial charge in [-0.2, -0.15) is 4.31 Å². The van der Waals surface area contributed by atoms with Crippen molar-refractivity contribution in [3.63, 3.8) is 0 Å². The van der Waals surface area contributed by atoms with Crippen molar-refractivity contribution in [2.45, 2.75) is 31.3 Å². The van der Waals surface area contributed by atoms with Crippen LogP contribution in [0.3, 0.4) is 0 Å². The average molecular weight is 450 g/mol. The third-order valence-corrected chi connectivity index (χ3v) is 6.85. The minimum atomic E-state index is -3.73. The minimum Gasteiger partial charge on any atom is -0.467 e. The van der Waals surface area contributed by atoms with Crippen LogP contribution in [0.5, 0.6) is 0 Å². The number of benzene rings is 1. The van der Waals surface area contributed by atoms with Crippen LogP contribution in [0.2, 0.25) is 0 Å². The van der Waals surface area contributed by atoms with E-state index in [1.54, 1.807) is 12.1 Å². The first kappa shape index (κ1) is 23.0. The molecule has 0 spiro atoms. The van der Waals surface area contributed by atoms with Gasteiger partial charge in [0, 0.05) is 18.7 Å². The molecule has 1 saturated heterocycles. The summed E-state index contributed by atoms with van der Waals surface area (Å²) in [4.78, 5) is 25.4. The van der Waals surface area contributed by atoms with Gasteiger partial charge in [0.2, 0.25) is 15.9 Å². The maximum Gasteiger partial charge on any atom is 0.251 e. The van der Waals surface area contributed by atoms with E-state index in [1.165, 1.54) is 34.8 Å². The number of sulfonamides is 1. The largest absolute Gasteiger partial charge is 0.467 e. The number of carbonyl (C=O) groups is 2. The summed E-state index contributed by atoms with van der Waals surface area (Å²) in [6, 6.07) is 8.50. The molecule has 3 rings (SSSR count). The zero-order valence-corrected chi connectivity index (χ0v) is 18.4. The van der Waals surface area contributed by atoms with Crippen molar-refractivity contribution in [2.75, 3.05) is 26.3 Å². The summed E-state index contributed by atoms with van der Waals surface area (Å²) in [5, 5.41) is 5.45. The molecule has 1 atom stereocenters. The van der Waals surface area contributed by atoms with Crippen LogP contribution in [0.4, 0.5) is 0 Å². The third-order valence-electron chi connectivity index (χ3n) is 4.96. The molecule has 1 aliphatic rings. The Morgan fingerprint density at radius 2 is 1.87 bits per heavy atom. The maximum atomic E-state index is 12.9. The van der Waals surface area contributed by atoms with Crippen molar-refractivity contribution >= 4 is 21.8 Å². The molecule has 10 heteroatoms. The fourth-order valence-electron chi connectivity index (χ4n) is 3.19. The lowest BCUT2D eigenvalue weighted by molar-refractivity contribution is -0.124. The predicted octanol–water partition coefficient (Wildman–Crippen LogP) is 1.37. The standard InChI is InChI=1S/C21H27N3O6S/c1-15(2)19(21(26)22-14-17-6-4-10-30-17)23-20(25)16-5-3-7-18(13-16)31(27,28)24-8-11-29-12-9-24/h3-7,10,13,15,19H,8-9,11-12,14H2,1-2H3,(H,22,26)(H,23,25)/t19-/m0/s1. The predicted molar refractivity (Wildman–Crippen MR) is 113 cm³/mol. The summed E-state index contributed by atoms with van der Waals surface area (Å²) >= 11 is 0. The summed E-state index contributed by atoms with van der Waals surface area (Å²) in [6.45, 7) is 5.05. The molecule has 2 aromatic rings. The molecule has 0 bridgehead atoms. The van der Waals surface area contributed by atoms with Gasteiger partial charge in [-0.3, -0.25) is 9.59 Å². The lowest BCUT2D eigenvalue weighted by Gasteiger charge is -2.26. The lowest BCUT2D eigenvalue weighted by atomic mass is 10.0. The number of nitrogens with one attached hydrogen (secondary N) is 2. The van der Waals surface area contributed by atoms with Crippen LogP contribution in [0, 0.1) is 5.92 Å². The van der Waals surface area contributed by atoms with E-state index in [1.807, 2.05) is 13.8 Å². The number of amides is 2. The Morgan fingerprint density at radius 3 is 2.52 bits per heavy atom. The number of carbonyl (C=O) groups excluding carboxylic acids is 2. The molecule has 2 N–H and O–H groups in total. The van der Waals surface area contributed by atoms with Crippen LogP contribution < -0.4 is 10.6 Å². The number of rotatable bonds is 8. The van der Waals surface area contributed by atoms with Crippen molar-refractivity contribution in [3.05, 3.63) is 54.0 Å². The molecule has 1 aromatic heterocycles. The molecule has 0 aliphatic carbocycles. The van der Waals surface area contributed by atoms with Gasteiger partial charge in [-0.05, 0) is 36.2 Å². The van der Waals surface area contributed by atoms with Gasteiger partial charge in [0.1, 0.15) is 11.8 Å². The summed E-state index contributed by atoms with van der Waals surface area (Å²) in [6.07, 6.45) is 1.52. The first-order valence-corrected chi connectivity index (χ1v) is 11.5. The molecular formula is C21H27N3O6S. The smallest absolute Gasteiger partial charge is 0.251 e. The molecular weight excluding hydrogens is 422 g/mol. The number of ether oxygens (including phenoxy) is 1. The molecule has 0 unspecified atom stereocenters. The highest BCUT2D eigenvalue weighted by atomic mass is 32.2. The summed E-state index contributed by atoms with van der Waals surface area (Å²) in [5.41, 5.74) is 0.166. The second-order valence-electron chi connectivity index (χ2n) is 7.54. The van der Waals surface area contributed by atoms with E-state index in [4.69, 9.17) is 9.15 Å². The number of hydrogen-bond donors (Lipinski definition) is 2. The van der Waals surface area contributed by atoms with E-state index in [9.17, 15) is 18.0 Å². The highest BCUT2D eigenvalue weighted by Gasteiger charge is 2.28. The fraction of sp³-hybridized carbons (Fsp3) is 0.429. The normalized spacial score (nSPS) is 16.1. The molecule has 31 heavy (non-hydrogen) atoms. The minimum absolute atomic E-state index is 0.0328. The number of nitrogens with zero attached hydrogens (tertiary/aromatic N) is 1. The Kier molecular flexibility index (Phi) is 7.47. The number of hydrogen-bond acceptors (Lipinski definition) is 6. The molecule has 2 amide bonds. The average Bonchev–Trinajstić information content (AvgIpc) is 3.30. The summed E-state index contributed by atoms with van der Waals surface area (Å²) < 4.78 is 37.5. The van der Waals surface area contributed by atoms with Gasteiger partial charge in [-0.25, -0.2) is 8.42 Å². The van der Waals surface area contributed by atoms with E-state index < -0.39 is 22.0 Å². The lowest BCUT2D eigenvalue weighted by Crippen LogP contribution is -2.49. The number of furan rings is 1. The van der Waals surface area contributed by atoms with Gasteiger partial charge in [0.25, 0.3) is 5.91 Å². The molecule has 168 valence electrons. The summed E-state index contributed by atoms with van der Waals surface area (Å²) in [5.74, 6) is -0.452. The molecule has 1 aliphatic heterocycles. The second-order valence-corrected chi connectivity index (χ2v) is 9.47. The van der Waals surface area contributed by atoms with E-state index in [-0.39, 0.29) is 41.9 Å². The molecule has 2 heterocycles. The Morgan fingerprint density at radius 1 is 1.13 bits per heavy atom. The zero-order valence-electron chi connectivity index (χ0n) is 17.5. The Hall–Kier alpha value is -2.69. The second kappa shape index (κ2) is 10.1. The quantitative estimate of drug-likeness (QED) is 0.629. The first-order valence-electron chi connectivity index (χ1n) is 10.1. The van der Waals surface area contributed by atoms with Crippen molar-refractivity contribution in [1.82, 2.24) is 14.9 Å². The van der Waals surface area contributed by atoms with Gasteiger partial charge in [-0.15, -0.1) is 0 Å². The Labute approximate surface area is 181 Å². The highest BCUT2D eigenvalue weighted by Crippen LogP contribution is 2.18. The van der Waals surface area contributed by atoms with Gasteiger partial charge in [0.05, 0.1) is 30.9 Å². The van der Waals surface area contributed by atoms with Crippen LogP contribution in [0.1, 0.15) is 30.0 Å². The van der Waals surface area contributed by atoms with Gasteiger partial charge < -0.3 is 19.8 Å². The van der Waals surface area contributed by atoms with Crippen molar-refractivity contribution in [1.29, 1.82) is 0 Å². The SMILES string of the molecule is CC(C)[C@H](NC(=O)c1cccc(S(=O)(=O)N2CCOCC2)c1)C(=O)NCc1ccco1. The van der Waals surface area contributed by atoms with Crippen molar-refractivity contribution < 1.29 is 27.2 Å². The van der Waals surface area contributed by atoms with Gasteiger partial charge in [0.15, 0.2) is 0 Å². The fourth-order valence-corrected chi connectivity index (χ4v) is 4.65. The first-order chi connectivity index (χ1) is 14.8. The van der Waals surface area contributed by atoms with E-state index in [0.717, 1.165) is 0 Å². The number of morpholine rings is 1. The molecule has 9 nitrogen and oxygen atoms in total. The molecule has 1 fully saturated rings. The molecule has 0 radical (unpaired) electrons. The van der Waals surface area contributed by atoms with Crippen molar-refractivity contribution in [2.24, 2.45) is 5.92 Å². The topological polar surface area (TPSA) is 118 Å².